The highest BCUT2D eigenvalue weighted by atomic mass is 35.5. The van der Waals surface area contributed by atoms with E-state index in [0.29, 0.717) is 17.3 Å². The highest BCUT2D eigenvalue weighted by Crippen LogP contribution is 2.25. The Bertz CT molecular complexity index is 468. The van der Waals surface area contributed by atoms with Crippen LogP contribution >= 0.6 is 11.6 Å². The summed E-state index contributed by atoms with van der Waals surface area (Å²) in [6.07, 6.45) is 0.670. The van der Waals surface area contributed by atoms with Gasteiger partial charge < -0.3 is 14.8 Å². The molecule has 0 radical (unpaired) electrons. The van der Waals surface area contributed by atoms with E-state index in [4.69, 9.17) is 16.3 Å². The molecule has 0 spiro atoms. The van der Waals surface area contributed by atoms with Crippen LogP contribution in [0.15, 0.2) is 18.2 Å². The van der Waals surface area contributed by atoms with Crippen molar-refractivity contribution in [2.24, 2.45) is 0 Å². The van der Waals surface area contributed by atoms with Crippen molar-refractivity contribution >= 4 is 30.5 Å². The van der Waals surface area contributed by atoms with Crippen LogP contribution in [-0.2, 0) is 4.65 Å². The molecular weight excluding hydrogens is 266 g/mol. The normalized spacial score (nSPS) is 12.4. The van der Waals surface area contributed by atoms with Crippen molar-refractivity contribution in [2.75, 3.05) is 0 Å². The molecule has 0 amide bonds. The van der Waals surface area contributed by atoms with E-state index in [1.807, 2.05) is 0 Å². The minimum atomic E-state index is -1.28. The number of aliphatic hydroxyl groups is 1. The molecule has 0 aliphatic carbocycles. The Hall–Kier alpha value is -0.875. The molecule has 0 atom stereocenters. The first-order valence-electron chi connectivity index (χ1n) is 5.91. The molecule has 2 N–H and O–H groups in total. The number of hydrogen-bond donors (Lipinski definition) is 2. The third-order valence-corrected chi connectivity index (χ3v) is 3.63. The van der Waals surface area contributed by atoms with E-state index in [0.717, 1.165) is 0 Å². The highest BCUT2D eigenvalue weighted by Gasteiger charge is 2.39. The van der Waals surface area contributed by atoms with E-state index in [1.54, 1.807) is 27.7 Å². The molecule has 1 aromatic carbocycles. The molecule has 0 fully saturated rings. The molecule has 0 unspecified atom stereocenters. The molecular formula is C13H18BClO4. The van der Waals surface area contributed by atoms with Gasteiger partial charge in [0, 0.05) is 16.0 Å². The van der Waals surface area contributed by atoms with Crippen LogP contribution in [0.5, 0.6) is 0 Å². The average molecular weight is 285 g/mol. The lowest BCUT2D eigenvalue weighted by atomic mass is 9.76. The average Bonchev–Trinajstić information content (AvgIpc) is 2.26. The van der Waals surface area contributed by atoms with Gasteiger partial charge in [0.15, 0.2) is 0 Å². The molecule has 104 valence electrons. The lowest BCUT2D eigenvalue weighted by Gasteiger charge is -2.38. The van der Waals surface area contributed by atoms with Crippen LogP contribution in [0.2, 0.25) is 5.02 Å². The van der Waals surface area contributed by atoms with E-state index < -0.39 is 18.3 Å². The van der Waals surface area contributed by atoms with Crippen LogP contribution in [-0.4, -0.2) is 34.7 Å². The molecule has 19 heavy (non-hydrogen) atoms. The first-order chi connectivity index (χ1) is 8.58. The van der Waals surface area contributed by atoms with Crippen molar-refractivity contribution in [3.8, 4) is 0 Å². The maximum atomic E-state index is 10.6. The smallest absolute Gasteiger partial charge is 0.423 e. The minimum Gasteiger partial charge on any atom is -0.423 e. The SMILES string of the molecule is CC(C)(O)C(C)(C)OB(O)c1ccc(C=O)cc1Cl. The molecule has 0 aliphatic heterocycles. The van der Waals surface area contributed by atoms with Crippen molar-refractivity contribution in [2.45, 2.75) is 38.9 Å². The fraction of sp³-hybridized carbons (Fsp3) is 0.462. The fourth-order valence-corrected chi connectivity index (χ4v) is 1.59. The third-order valence-electron chi connectivity index (χ3n) is 3.31. The maximum Gasteiger partial charge on any atom is 0.493 e. The summed E-state index contributed by atoms with van der Waals surface area (Å²) in [5.74, 6) is 0. The zero-order valence-corrected chi connectivity index (χ0v) is 12.2. The standard InChI is InChI=1S/C13H18BClO4/c1-12(2,17)13(3,4)19-14(18)10-6-5-9(8-16)7-11(10)15/h5-8,17-18H,1-4H3. The van der Waals surface area contributed by atoms with Gasteiger partial charge in [0.1, 0.15) is 6.29 Å². The van der Waals surface area contributed by atoms with Crippen LogP contribution < -0.4 is 5.46 Å². The predicted molar refractivity (Wildman–Crippen MR) is 75.9 cm³/mol. The van der Waals surface area contributed by atoms with E-state index in [-0.39, 0.29) is 5.02 Å². The van der Waals surface area contributed by atoms with Crippen molar-refractivity contribution in [3.05, 3.63) is 28.8 Å². The minimum absolute atomic E-state index is 0.239. The number of carbonyl (C=O) groups is 1. The highest BCUT2D eigenvalue weighted by molar-refractivity contribution is 6.64. The Balaban J connectivity index is 2.96. The lowest BCUT2D eigenvalue weighted by molar-refractivity contribution is -0.0982. The Kier molecular flexibility index (Phi) is 4.79. The number of carbonyl (C=O) groups excluding carboxylic acids is 1. The summed E-state index contributed by atoms with van der Waals surface area (Å²) in [6.45, 7) is 6.53. The van der Waals surface area contributed by atoms with E-state index in [9.17, 15) is 14.9 Å². The fourth-order valence-electron chi connectivity index (χ4n) is 1.30. The number of benzene rings is 1. The maximum absolute atomic E-state index is 10.6. The summed E-state index contributed by atoms with van der Waals surface area (Å²) in [7, 11) is -1.28. The second kappa shape index (κ2) is 5.63. The molecule has 4 nitrogen and oxygen atoms in total. The Labute approximate surface area is 118 Å². The second-order valence-electron chi connectivity index (χ2n) is 5.44. The molecule has 0 saturated carbocycles. The summed E-state index contributed by atoms with van der Waals surface area (Å²) in [5.41, 5.74) is -1.34. The van der Waals surface area contributed by atoms with E-state index >= 15 is 0 Å². The van der Waals surface area contributed by atoms with Gasteiger partial charge in [-0.1, -0.05) is 23.7 Å². The van der Waals surface area contributed by atoms with Gasteiger partial charge in [0.05, 0.1) is 11.2 Å². The third kappa shape index (κ3) is 3.80. The molecule has 0 aromatic heterocycles. The number of hydrogen-bond acceptors (Lipinski definition) is 4. The number of rotatable bonds is 5. The topological polar surface area (TPSA) is 66.8 Å². The molecule has 1 aromatic rings. The zero-order valence-electron chi connectivity index (χ0n) is 11.5. The van der Waals surface area contributed by atoms with Gasteiger partial charge in [-0.15, -0.1) is 0 Å². The zero-order chi connectivity index (χ0) is 14.8. The van der Waals surface area contributed by atoms with Crippen LogP contribution in [0.3, 0.4) is 0 Å². The van der Waals surface area contributed by atoms with Gasteiger partial charge >= 0.3 is 7.12 Å². The van der Waals surface area contributed by atoms with E-state index in [1.165, 1.54) is 18.2 Å². The number of aldehydes is 1. The van der Waals surface area contributed by atoms with Gasteiger partial charge in [0.2, 0.25) is 0 Å². The quantitative estimate of drug-likeness (QED) is 0.634. The Morgan fingerprint density at radius 3 is 2.32 bits per heavy atom. The monoisotopic (exact) mass is 284 g/mol. The molecule has 1 rings (SSSR count). The van der Waals surface area contributed by atoms with Crippen LogP contribution in [0.25, 0.3) is 0 Å². The van der Waals surface area contributed by atoms with E-state index in [2.05, 4.69) is 0 Å². The molecule has 0 saturated heterocycles. The van der Waals surface area contributed by atoms with Crippen molar-refractivity contribution in [1.29, 1.82) is 0 Å². The van der Waals surface area contributed by atoms with Crippen molar-refractivity contribution < 1.29 is 19.6 Å². The molecule has 0 heterocycles. The first kappa shape index (κ1) is 16.2. The number of halogens is 1. The predicted octanol–water partition coefficient (Wildman–Crippen LogP) is 1.41. The molecule has 0 bridgehead atoms. The summed E-state index contributed by atoms with van der Waals surface area (Å²) in [5, 5.41) is 20.3. The lowest BCUT2D eigenvalue weighted by Crippen LogP contribution is -2.53. The van der Waals surface area contributed by atoms with Crippen LogP contribution in [0, 0.1) is 0 Å². The van der Waals surface area contributed by atoms with Gasteiger partial charge in [-0.05, 0) is 33.8 Å². The van der Waals surface area contributed by atoms with Gasteiger partial charge in [-0.2, -0.15) is 0 Å². The second-order valence-corrected chi connectivity index (χ2v) is 5.85. The largest absolute Gasteiger partial charge is 0.493 e. The van der Waals surface area contributed by atoms with Crippen LogP contribution in [0.1, 0.15) is 38.1 Å². The molecule has 0 aliphatic rings. The van der Waals surface area contributed by atoms with Crippen LogP contribution in [0.4, 0.5) is 0 Å². The van der Waals surface area contributed by atoms with Crippen molar-refractivity contribution in [1.82, 2.24) is 0 Å². The molecule has 6 heteroatoms. The summed E-state index contributed by atoms with van der Waals surface area (Å²) >= 11 is 5.98. The summed E-state index contributed by atoms with van der Waals surface area (Å²) in [4.78, 5) is 10.6. The van der Waals surface area contributed by atoms with Crippen molar-refractivity contribution in [3.63, 3.8) is 0 Å². The summed E-state index contributed by atoms with van der Waals surface area (Å²) < 4.78 is 5.48. The summed E-state index contributed by atoms with van der Waals surface area (Å²) in [6, 6.07) is 4.52. The van der Waals surface area contributed by atoms with Gasteiger partial charge in [0.25, 0.3) is 0 Å². The Morgan fingerprint density at radius 1 is 1.32 bits per heavy atom. The Morgan fingerprint density at radius 2 is 1.89 bits per heavy atom. The first-order valence-corrected chi connectivity index (χ1v) is 6.29. The van der Waals surface area contributed by atoms with Gasteiger partial charge in [-0.25, -0.2) is 0 Å². The van der Waals surface area contributed by atoms with Gasteiger partial charge in [-0.3, -0.25) is 4.79 Å².